The highest BCUT2D eigenvalue weighted by Gasteiger charge is 2.05. The largest absolute Gasteiger partial charge is 0.351 e. The lowest BCUT2D eigenvalue weighted by atomic mass is 10.3. The number of hydrogen-bond donors (Lipinski definition) is 2. The lowest BCUT2D eigenvalue weighted by Crippen LogP contribution is -2.27. The number of H-pyrrole nitrogens is 1. The highest BCUT2D eigenvalue weighted by Crippen LogP contribution is 1.96. The summed E-state index contributed by atoms with van der Waals surface area (Å²) in [5, 5.41) is 2.77. The number of nitrogens with one attached hydrogen (secondary N) is 2. The Balaban J connectivity index is 1.81. The third-order valence-electron chi connectivity index (χ3n) is 2.85. The van der Waals surface area contributed by atoms with Crippen molar-refractivity contribution in [1.82, 2.24) is 19.9 Å². The quantitative estimate of drug-likeness (QED) is 0.777. The van der Waals surface area contributed by atoms with Crippen molar-refractivity contribution in [3.8, 4) is 0 Å². The van der Waals surface area contributed by atoms with Crippen LogP contribution in [0.5, 0.6) is 0 Å². The van der Waals surface area contributed by atoms with E-state index in [1.165, 1.54) is 18.6 Å². The summed E-state index contributed by atoms with van der Waals surface area (Å²) in [7, 11) is 0. The first-order chi connectivity index (χ1) is 9.18. The van der Waals surface area contributed by atoms with Gasteiger partial charge in [0.1, 0.15) is 5.69 Å². The Hall–Kier alpha value is -2.37. The maximum Gasteiger partial charge on any atom is 0.269 e. The molecule has 0 saturated heterocycles. The molecule has 1 amide bonds. The van der Waals surface area contributed by atoms with E-state index in [4.69, 9.17) is 0 Å². The third kappa shape index (κ3) is 3.31. The molecular weight excluding hydrogens is 244 g/mol. The Labute approximate surface area is 110 Å². The normalized spacial score (nSPS) is 10.4. The van der Waals surface area contributed by atoms with Gasteiger partial charge in [0.15, 0.2) is 0 Å². The van der Waals surface area contributed by atoms with Crippen LogP contribution in [-0.2, 0) is 6.54 Å². The molecule has 0 aliphatic carbocycles. The second-order valence-corrected chi connectivity index (χ2v) is 4.23. The van der Waals surface area contributed by atoms with E-state index in [1.54, 1.807) is 10.6 Å². The van der Waals surface area contributed by atoms with Gasteiger partial charge in [-0.25, -0.2) is 4.98 Å². The molecule has 19 heavy (non-hydrogen) atoms. The molecule has 0 atom stereocenters. The first-order valence-corrected chi connectivity index (χ1v) is 6.11. The minimum Gasteiger partial charge on any atom is -0.351 e. The van der Waals surface area contributed by atoms with Crippen LogP contribution in [0, 0.1) is 6.92 Å². The molecule has 2 aromatic heterocycles. The number of amides is 1. The zero-order chi connectivity index (χ0) is 13.7. The predicted molar refractivity (Wildman–Crippen MR) is 71.0 cm³/mol. The van der Waals surface area contributed by atoms with Gasteiger partial charge in [-0.2, -0.15) is 0 Å². The van der Waals surface area contributed by atoms with Gasteiger partial charge in [0.05, 0.1) is 12.5 Å². The van der Waals surface area contributed by atoms with Crippen molar-refractivity contribution in [2.75, 3.05) is 6.54 Å². The molecule has 6 nitrogen and oxygen atoms in total. The van der Waals surface area contributed by atoms with E-state index < -0.39 is 0 Å². The lowest BCUT2D eigenvalue weighted by molar-refractivity contribution is 0.0948. The molecule has 0 saturated carbocycles. The number of aromatic amines is 1. The average molecular weight is 260 g/mol. The molecule has 0 aliphatic heterocycles. The molecule has 0 spiro atoms. The summed E-state index contributed by atoms with van der Waals surface area (Å²) < 4.78 is 1.70. The molecule has 0 aromatic carbocycles. The van der Waals surface area contributed by atoms with Gasteiger partial charge < -0.3 is 14.9 Å². The second kappa shape index (κ2) is 5.99. The molecule has 0 bridgehead atoms. The third-order valence-corrected chi connectivity index (χ3v) is 2.85. The molecule has 2 N–H and O–H groups in total. The van der Waals surface area contributed by atoms with Crippen molar-refractivity contribution in [2.45, 2.75) is 19.9 Å². The van der Waals surface area contributed by atoms with Crippen molar-refractivity contribution < 1.29 is 4.79 Å². The molecule has 2 heterocycles. The van der Waals surface area contributed by atoms with E-state index in [0.29, 0.717) is 25.2 Å². The molecule has 6 heteroatoms. The molecule has 0 aliphatic rings. The minimum atomic E-state index is -0.186. The average Bonchev–Trinajstić information content (AvgIpc) is 2.91. The van der Waals surface area contributed by atoms with E-state index in [2.05, 4.69) is 15.3 Å². The highest BCUT2D eigenvalue weighted by atomic mass is 16.2. The SMILES string of the molecule is Cc1cccc(=O)n1CCCNC(=O)c1cnc[nH]1. The van der Waals surface area contributed by atoms with Gasteiger partial charge in [0.25, 0.3) is 11.5 Å². The van der Waals surface area contributed by atoms with Crippen molar-refractivity contribution in [1.29, 1.82) is 0 Å². The summed E-state index contributed by atoms with van der Waals surface area (Å²) >= 11 is 0. The van der Waals surface area contributed by atoms with Crippen LogP contribution in [0.2, 0.25) is 0 Å². The number of nitrogens with zero attached hydrogens (tertiary/aromatic N) is 2. The Bertz CT molecular complexity index is 601. The number of rotatable bonds is 5. The number of carbonyl (C=O) groups is 1. The van der Waals surface area contributed by atoms with Gasteiger partial charge in [-0.05, 0) is 19.4 Å². The second-order valence-electron chi connectivity index (χ2n) is 4.23. The summed E-state index contributed by atoms with van der Waals surface area (Å²) in [6, 6.07) is 5.18. The molecule has 0 fully saturated rings. The number of aromatic nitrogens is 3. The van der Waals surface area contributed by atoms with E-state index in [-0.39, 0.29) is 11.5 Å². The summed E-state index contributed by atoms with van der Waals surface area (Å²) in [5.41, 5.74) is 1.35. The maximum absolute atomic E-state index is 11.6. The molecular formula is C13H16N4O2. The summed E-state index contributed by atoms with van der Waals surface area (Å²) in [6.07, 6.45) is 3.63. The van der Waals surface area contributed by atoms with Gasteiger partial charge in [-0.3, -0.25) is 9.59 Å². The standard InChI is InChI=1S/C13H16N4O2/c1-10-4-2-5-12(18)17(10)7-3-6-15-13(19)11-8-14-9-16-11/h2,4-5,8-9H,3,6-7H2,1H3,(H,14,16)(H,15,19). The molecule has 2 rings (SSSR count). The van der Waals surface area contributed by atoms with E-state index in [0.717, 1.165) is 5.69 Å². The fourth-order valence-corrected chi connectivity index (χ4v) is 1.82. The summed E-state index contributed by atoms with van der Waals surface area (Å²) in [4.78, 5) is 29.7. The van der Waals surface area contributed by atoms with Crippen LogP contribution in [0.3, 0.4) is 0 Å². The van der Waals surface area contributed by atoms with Crippen LogP contribution in [0.1, 0.15) is 22.6 Å². The highest BCUT2D eigenvalue weighted by molar-refractivity contribution is 5.91. The molecule has 0 radical (unpaired) electrons. The van der Waals surface area contributed by atoms with Crippen LogP contribution >= 0.6 is 0 Å². The van der Waals surface area contributed by atoms with Crippen LogP contribution in [-0.4, -0.2) is 27.0 Å². The Morgan fingerprint density at radius 2 is 2.32 bits per heavy atom. The molecule has 0 unspecified atom stereocenters. The maximum atomic E-state index is 11.6. The topological polar surface area (TPSA) is 79.8 Å². The first-order valence-electron chi connectivity index (χ1n) is 6.11. The molecule has 2 aromatic rings. The Morgan fingerprint density at radius 1 is 1.47 bits per heavy atom. The summed E-state index contributed by atoms with van der Waals surface area (Å²) in [6.45, 7) is 3.00. The lowest BCUT2D eigenvalue weighted by Gasteiger charge is -2.09. The van der Waals surface area contributed by atoms with Gasteiger partial charge in [-0.1, -0.05) is 6.07 Å². The molecule has 100 valence electrons. The zero-order valence-corrected chi connectivity index (χ0v) is 10.7. The van der Waals surface area contributed by atoms with Crippen molar-refractivity contribution in [2.24, 2.45) is 0 Å². The van der Waals surface area contributed by atoms with E-state index in [9.17, 15) is 9.59 Å². The van der Waals surface area contributed by atoms with Crippen LogP contribution < -0.4 is 10.9 Å². The van der Waals surface area contributed by atoms with Crippen molar-refractivity contribution in [3.63, 3.8) is 0 Å². The van der Waals surface area contributed by atoms with E-state index >= 15 is 0 Å². The fraction of sp³-hybridized carbons (Fsp3) is 0.308. The van der Waals surface area contributed by atoms with Crippen LogP contribution in [0.15, 0.2) is 35.5 Å². The van der Waals surface area contributed by atoms with Gasteiger partial charge in [0.2, 0.25) is 0 Å². The zero-order valence-electron chi connectivity index (χ0n) is 10.7. The van der Waals surface area contributed by atoms with Gasteiger partial charge in [-0.15, -0.1) is 0 Å². The van der Waals surface area contributed by atoms with Crippen LogP contribution in [0.25, 0.3) is 0 Å². The number of hydrogen-bond acceptors (Lipinski definition) is 3. The number of pyridine rings is 1. The van der Waals surface area contributed by atoms with Crippen LogP contribution in [0.4, 0.5) is 0 Å². The minimum absolute atomic E-state index is 0.0140. The number of aryl methyl sites for hydroxylation is 1. The van der Waals surface area contributed by atoms with Crippen molar-refractivity contribution >= 4 is 5.91 Å². The first kappa shape index (κ1) is 13.1. The fourth-order valence-electron chi connectivity index (χ4n) is 1.82. The van der Waals surface area contributed by atoms with Crippen molar-refractivity contribution in [3.05, 3.63) is 52.5 Å². The monoisotopic (exact) mass is 260 g/mol. The number of imidazole rings is 1. The predicted octanol–water partition coefficient (Wildman–Crippen LogP) is 0.700. The Kier molecular flexibility index (Phi) is 4.12. The van der Waals surface area contributed by atoms with Gasteiger partial charge in [0, 0.05) is 24.8 Å². The van der Waals surface area contributed by atoms with E-state index in [1.807, 2.05) is 13.0 Å². The smallest absolute Gasteiger partial charge is 0.269 e. The van der Waals surface area contributed by atoms with Gasteiger partial charge >= 0.3 is 0 Å². The Morgan fingerprint density at radius 3 is 3.00 bits per heavy atom. The summed E-state index contributed by atoms with van der Waals surface area (Å²) in [5.74, 6) is -0.186. The number of carbonyl (C=O) groups excluding carboxylic acids is 1.